The number of hydrogen-bond donors (Lipinski definition) is 0. The fourth-order valence-electron chi connectivity index (χ4n) is 2.35. The molecule has 0 bridgehead atoms. The highest BCUT2D eigenvalue weighted by Gasteiger charge is 2.46. The quantitative estimate of drug-likeness (QED) is 0.728. The average molecular weight is 375 g/mol. The van der Waals surface area contributed by atoms with Gasteiger partial charge in [0.2, 0.25) is 0 Å². The molecule has 0 fully saturated rings. The largest absolute Gasteiger partial charge is 0.501 e. The van der Waals surface area contributed by atoms with Crippen LogP contribution >= 0.6 is 0 Å². The highest BCUT2D eigenvalue weighted by Crippen LogP contribution is 2.30. The van der Waals surface area contributed by atoms with E-state index in [9.17, 15) is 26.4 Å². The number of benzene rings is 1. The smallest absolute Gasteiger partial charge is 0.467 e. The molecule has 1 aromatic heterocycles. The van der Waals surface area contributed by atoms with E-state index in [4.69, 9.17) is 4.74 Å². The molecule has 0 amide bonds. The van der Waals surface area contributed by atoms with Gasteiger partial charge in [-0.25, -0.2) is 13.2 Å². The van der Waals surface area contributed by atoms with Crippen LogP contribution in [0.2, 0.25) is 0 Å². The fraction of sp³-hybridized carbons (Fsp3) is 0.312. The number of aryl methyl sites for hydroxylation is 1. The van der Waals surface area contributed by atoms with Gasteiger partial charge in [0.25, 0.3) is 9.84 Å². The van der Waals surface area contributed by atoms with E-state index in [1.165, 1.54) is 19.2 Å². The molecule has 1 heterocycles. The van der Waals surface area contributed by atoms with Crippen LogP contribution in [0.25, 0.3) is 0 Å². The molecule has 0 spiro atoms. The maximum absolute atomic E-state index is 12.5. The molecule has 0 aliphatic heterocycles. The molecular weight excluding hydrogens is 359 g/mol. The predicted octanol–water partition coefficient (Wildman–Crippen LogP) is 3.13. The monoisotopic (exact) mass is 375 g/mol. The van der Waals surface area contributed by atoms with Gasteiger partial charge in [0.15, 0.2) is 0 Å². The third-order valence-electron chi connectivity index (χ3n) is 3.71. The summed E-state index contributed by atoms with van der Waals surface area (Å²) in [4.78, 5) is 11.1. The lowest BCUT2D eigenvalue weighted by molar-refractivity contribution is -0.144. The van der Waals surface area contributed by atoms with E-state index in [1.54, 1.807) is 29.1 Å². The number of nitrogens with zero attached hydrogens (tertiary/aromatic N) is 1. The number of esters is 1. The molecule has 0 aliphatic carbocycles. The van der Waals surface area contributed by atoms with E-state index in [-0.39, 0.29) is 0 Å². The topological polar surface area (TPSA) is 65.4 Å². The van der Waals surface area contributed by atoms with Crippen LogP contribution in [0, 0.1) is 0 Å². The number of sulfone groups is 1. The number of hydrogen-bond acceptors (Lipinski definition) is 4. The summed E-state index contributed by atoms with van der Waals surface area (Å²) in [5.74, 6) is -0.438. The van der Waals surface area contributed by atoms with Crippen molar-refractivity contribution in [2.75, 3.05) is 7.11 Å². The van der Waals surface area contributed by atoms with Crippen molar-refractivity contribution < 1.29 is 31.1 Å². The van der Waals surface area contributed by atoms with Gasteiger partial charge in [-0.1, -0.05) is 12.1 Å². The summed E-state index contributed by atoms with van der Waals surface area (Å²) in [5, 5.41) is 0. The number of carbonyl (C=O) groups is 1. The number of ether oxygens (including phenoxy) is 1. The van der Waals surface area contributed by atoms with Gasteiger partial charge in [0.05, 0.1) is 12.0 Å². The Labute approximate surface area is 142 Å². The van der Waals surface area contributed by atoms with Crippen molar-refractivity contribution in [2.45, 2.75) is 29.3 Å². The number of aromatic nitrogens is 1. The van der Waals surface area contributed by atoms with Crippen LogP contribution in [0.4, 0.5) is 13.2 Å². The Hall–Kier alpha value is -2.29. The van der Waals surface area contributed by atoms with Crippen LogP contribution in [-0.4, -0.2) is 31.6 Å². The number of halogens is 3. The van der Waals surface area contributed by atoms with E-state index in [2.05, 4.69) is 0 Å². The highest BCUT2D eigenvalue weighted by molar-refractivity contribution is 7.92. The van der Waals surface area contributed by atoms with Crippen molar-refractivity contribution in [1.82, 2.24) is 4.57 Å². The Bertz CT molecular complexity index is 812. The van der Waals surface area contributed by atoms with Crippen molar-refractivity contribution in [2.24, 2.45) is 0 Å². The SMILES string of the molecule is COC(=O)C(CCc1ccc(S(=O)(=O)C(F)(F)F)cc1)n1cccc1. The van der Waals surface area contributed by atoms with Crippen LogP contribution in [0.15, 0.2) is 53.7 Å². The molecule has 136 valence electrons. The summed E-state index contributed by atoms with van der Waals surface area (Å²) in [6, 6.07) is 7.39. The van der Waals surface area contributed by atoms with Crippen molar-refractivity contribution in [1.29, 1.82) is 0 Å². The summed E-state index contributed by atoms with van der Waals surface area (Å²) in [7, 11) is -4.08. The molecule has 0 N–H and O–H groups in total. The molecule has 25 heavy (non-hydrogen) atoms. The Morgan fingerprint density at radius 2 is 1.72 bits per heavy atom. The van der Waals surface area contributed by atoms with E-state index < -0.39 is 32.3 Å². The minimum Gasteiger partial charge on any atom is -0.467 e. The lowest BCUT2D eigenvalue weighted by Gasteiger charge is -2.16. The minimum atomic E-state index is -5.36. The number of alkyl halides is 3. The van der Waals surface area contributed by atoms with Crippen LogP contribution in [0.5, 0.6) is 0 Å². The van der Waals surface area contributed by atoms with Gasteiger partial charge in [-0.2, -0.15) is 13.2 Å². The van der Waals surface area contributed by atoms with E-state index in [0.717, 1.165) is 12.1 Å². The van der Waals surface area contributed by atoms with Crippen LogP contribution in [0.1, 0.15) is 18.0 Å². The van der Waals surface area contributed by atoms with Crippen molar-refractivity contribution in [3.8, 4) is 0 Å². The molecule has 9 heteroatoms. The number of methoxy groups -OCH3 is 1. The Kier molecular flexibility index (Phi) is 5.56. The Morgan fingerprint density at radius 3 is 2.20 bits per heavy atom. The van der Waals surface area contributed by atoms with E-state index in [1.807, 2.05) is 0 Å². The van der Waals surface area contributed by atoms with Crippen LogP contribution in [-0.2, 0) is 25.8 Å². The highest BCUT2D eigenvalue weighted by atomic mass is 32.2. The third kappa shape index (κ3) is 4.22. The fourth-order valence-corrected chi connectivity index (χ4v) is 3.11. The zero-order valence-corrected chi connectivity index (χ0v) is 14.0. The van der Waals surface area contributed by atoms with Gasteiger partial charge >= 0.3 is 11.5 Å². The van der Waals surface area contributed by atoms with E-state index >= 15 is 0 Å². The molecule has 0 radical (unpaired) electrons. The lowest BCUT2D eigenvalue weighted by Crippen LogP contribution is -2.23. The summed E-state index contributed by atoms with van der Waals surface area (Å²) >= 11 is 0. The average Bonchev–Trinajstić information content (AvgIpc) is 3.08. The number of rotatable bonds is 6. The van der Waals surface area contributed by atoms with Gasteiger partial charge in [-0.05, 0) is 42.7 Å². The third-order valence-corrected chi connectivity index (χ3v) is 5.21. The molecule has 1 atom stereocenters. The van der Waals surface area contributed by atoms with Gasteiger partial charge in [0, 0.05) is 12.4 Å². The molecule has 0 saturated heterocycles. The summed E-state index contributed by atoms with van der Waals surface area (Å²) < 4.78 is 66.6. The summed E-state index contributed by atoms with van der Waals surface area (Å²) in [5.41, 5.74) is -4.72. The van der Waals surface area contributed by atoms with Gasteiger partial charge in [-0.3, -0.25) is 0 Å². The standard InChI is InChI=1S/C16H16F3NO4S/c1-24-15(21)14(20-10-2-3-11-20)9-6-12-4-7-13(8-5-12)25(22,23)16(17,18)19/h2-5,7-8,10-11,14H,6,9H2,1H3. The van der Waals surface area contributed by atoms with Gasteiger partial charge < -0.3 is 9.30 Å². The lowest BCUT2D eigenvalue weighted by atomic mass is 10.1. The summed E-state index contributed by atoms with van der Waals surface area (Å²) in [6.45, 7) is 0. The Balaban J connectivity index is 2.12. The first kappa shape index (κ1) is 19.0. The molecule has 2 aromatic rings. The van der Waals surface area contributed by atoms with Crippen LogP contribution < -0.4 is 0 Å². The second-order valence-electron chi connectivity index (χ2n) is 5.30. The Morgan fingerprint density at radius 1 is 1.16 bits per heavy atom. The molecule has 2 rings (SSSR count). The van der Waals surface area contributed by atoms with Crippen LogP contribution in [0.3, 0.4) is 0 Å². The maximum atomic E-state index is 12.5. The maximum Gasteiger partial charge on any atom is 0.501 e. The molecule has 5 nitrogen and oxygen atoms in total. The molecule has 1 unspecified atom stereocenters. The van der Waals surface area contributed by atoms with Gasteiger partial charge in [-0.15, -0.1) is 0 Å². The van der Waals surface area contributed by atoms with Crippen molar-refractivity contribution >= 4 is 15.8 Å². The zero-order valence-electron chi connectivity index (χ0n) is 13.2. The first-order chi connectivity index (χ1) is 11.7. The second kappa shape index (κ2) is 7.30. The van der Waals surface area contributed by atoms with Crippen molar-refractivity contribution in [3.05, 3.63) is 54.4 Å². The normalized spacial score (nSPS) is 13.4. The van der Waals surface area contributed by atoms with Gasteiger partial charge in [0.1, 0.15) is 6.04 Å². The van der Waals surface area contributed by atoms with E-state index in [0.29, 0.717) is 18.4 Å². The predicted molar refractivity (Wildman–Crippen MR) is 83.5 cm³/mol. The first-order valence-electron chi connectivity index (χ1n) is 7.27. The molecule has 0 aliphatic rings. The summed E-state index contributed by atoms with van der Waals surface area (Å²) in [6.07, 6.45) is 4.14. The molecular formula is C16H16F3NO4S. The molecule has 1 aromatic carbocycles. The molecule has 0 saturated carbocycles. The minimum absolute atomic E-state index is 0.354. The van der Waals surface area contributed by atoms with Crippen molar-refractivity contribution in [3.63, 3.8) is 0 Å². The second-order valence-corrected chi connectivity index (χ2v) is 7.24. The first-order valence-corrected chi connectivity index (χ1v) is 8.75. The number of carbonyl (C=O) groups excluding carboxylic acids is 1. The zero-order chi connectivity index (χ0) is 18.7.